The monoisotopic (exact) mass is 512 g/mol. The van der Waals surface area contributed by atoms with E-state index >= 15 is 0 Å². The average molecular weight is 513 g/mol. The van der Waals surface area contributed by atoms with Crippen LogP contribution in [-0.4, -0.2) is 74.1 Å². The van der Waals surface area contributed by atoms with E-state index in [4.69, 9.17) is 4.74 Å². The maximum Gasteiger partial charge on any atom is 0.232 e. The molecule has 0 unspecified atom stereocenters. The molecule has 2 aromatic carbocycles. The fourth-order valence-electron chi connectivity index (χ4n) is 3.23. The molecule has 0 spiro atoms. The number of hydrogen-bond acceptors (Lipinski definition) is 7. The van der Waals surface area contributed by atoms with Crippen molar-refractivity contribution in [1.29, 1.82) is 0 Å². The third-order valence-electron chi connectivity index (χ3n) is 4.97. The van der Waals surface area contributed by atoms with Crippen LogP contribution in [0.4, 0.5) is 11.4 Å². The maximum absolute atomic E-state index is 12.1. The second kappa shape index (κ2) is 13.5. The number of nitrogens with one attached hydrogen (secondary N) is 3. The molecule has 0 amide bonds. The first-order chi connectivity index (χ1) is 16.1. The van der Waals surface area contributed by atoms with Gasteiger partial charge < -0.3 is 15.0 Å². The number of hydrogen-bond donors (Lipinski definition) is 3. The summed E-state index contributed by atoms with van der Waals surface area (Å²) < 4.78 is 57.4. The van der Waals surface area contributed by atoms with Gasteiger partial charge in [0.15, 0.2) is 0 Å². The van der Waals surface area contributed by atoms with Gasteiger partial charge in [-0.3, -0.25) is 9.44 Å². The first-order valence-corrected chi connectivity index (χ1v) is 14.7. The highest BCUT2D eigenvalue weighted by Gasteiger charge is 2.10. The van der Waals surface area contributed by atoms with E-state index in [2.05, 4.69) is 19.7 Å². The standard InChI is InChI=1S/C23H36N4O5S2/c1-24-15-5-19-34(30,31)26-22-9-7-20(8-10-22)6-4-16-27(2)17-18-32-23-13-11-21(12-14-23)25-33(3,28)29/h7-14,24-26H,4-6,15-19H2,1-3H3. The van der Waals surface area contributed by atoms with Crippen LogP contribution in [0.3, 0.4) is 0 Å². The van der Waals surface area contributed by atoms with Crippen LogP contribution in [0.2, 0.25) is 0 Å². The van der Waals surface area contributed by atoms with Gasteiger partial charge in [0.2, 0.25) is 20.0 Å². The summed E-state index contributed by atoms with van der Waals surface area (Å²) in [4.78, 5) is 2.19. The van der Waals surface area contributed by atoms with Gasteiger partial charge in [-0.15, -0.1) is 0 Å². The first-order valence-electron chi connectivity index (χ1n) is 11.2. The van der Waals surface area contributed by atoms with Crippen LogP contribution in [0, 0.1) is 0 Å². The van der Waals surface area contributed by atoms with E-state index in [0.717, 1.165) is 37.8 Å². The number of nitrogens with zero attached hydrogens (tertiary/aromatic N) is 1. The van der Waals surface area contributed by atoms with Gasteiger partial charge in [0.05, 0.1) is 12.0 Å². The molecule has 0 aromatic heterocycles. The summed E-state index contributed by atoms with van der Waals surface area (Å²) in [7, 11) is -2.77. The van der Waals surface area contributed by atoms with Crippen LogP contribution in [0.5, 0.6) is 5.75 Å². The molecule has 0 fully saturated rings. The smallest absolute Gasteiger partial charge is 0.232 e. The van der Waals surface area contributed by atoms with E-state index in [-0.39, 0.29) is 5.75 Å². The van der Waals surface area contributed by atoms with E-state index in [9.17, 15) is 16.8 Å². The van der Waals surface area contributed by atoms with Gasteiger partial charge in [-0.05, 0) is 88.4 Å². The summed E-state index contributed by atoms with van der Waals surface area (Å²) in [5.74, 6) is 0.780. The molecule has 11 heteroatoms. The van der Waals surface area contributed by atoms with Crippen molar-refractivity contribution in [3.63, 3.8) is 0 Å². The van der Waals surface area contributed by atoms with Crippen molar-refractivity contribution >= 4 is 31.4 Å². The lowest BCUT2D eigenvalue weighted by molar-refractivity contribution is 0.236. The number of ether oxygens (including phenoxy) is 1. The van der Waals surface area contributed by atoms with Crippen LogP contribution in [0.1, 0.15) is 18.4 Å². The summed E-state index contributed by atoms with van der Waals surface area (Å²) in [5, 5.41) is 2.94. The topological polar surface area (TPSA) is 117 Å². The fraction of sp³-hybridized carbons (Fsp3) is 0.478. The lowest BCUT2D eigenvalue weighted by Gasteiger charge is -2.17. The van der Waals surface area contributed by atoms with Crippen LogP contribution in [0.25, 0.3) is 0 Å². The van der Waals surface area contributed by atoms with Gasteiger partial charge in [0.25, 0.3) is 0 Å². The molecule has 0 saturated carbocycles. The molecule has 34 heavy (non-hydrogen) atoms. The Morgan fingerprint density at radius 3 is 2.09 bits per heavy atom. The van der Waals surface area contributed by atoms with Gasteiger partial charge in [0, 0.05) is 17.9 Å². The normalized spacial score (nSPS) is 12.0. The SMILES string of the molecule is CNCCCS(=O)(=O)Nc1ccc(CCCN(C)CCOc2ccc(NS(C)(=O)=O)cc2)cc1. The van der Waals surface area contributed by atoms with E-state index in [0.29, 0.717) is 36.7 Å². The van der Waals surface area contributed by atoms with Gasteiger partial charge in [-0.1, -0.05) is 12.1 Å². The molecule has 190 valence electrons. The minimum Gasteiger partial charge on any atom is -0.492 e. The molecule has 0 bridgehead atoms. The molecular formula is C23H36N4O5S2. The highest BCUT2D eigenvalue weighted by Crippen LogP contribution is 2.16. The van der Waals surface area contributed by atoms with Crippen molar-refractivity contribution in [3.05, 3.63) is 54.1 Å². The third kappa shape index (κ3) is 11.7. The van der Waals surface area contributed by atoms with Crippen LogP contribution < -0.4 is 19.5 Å². The molecule has 0 heterocycles. The molecule has 9 nitrogen and oxygen atoms in total. The molecule has 0 saturated heterocycles. The van der Waals surface area contributed by atoms with Crippen molar-refractivity contribution in [2.75, 3.05) is 61.8 Å². The van der Waals surface area contributed by atoms with Crippen molar-refractivity contribution in [1.82, 2.24) is 10.2 Å². The van der Waals surface area contributed by atoms with Crippen molar-refractivity contribution in [2.45, 2.75) is 19.3 Å². The van der Waals surface area contributed by atoms with Crippen molar-refractivity contribution < 1.29 is 21.6 Å². The molecule has 0 aliphatic heterocycles. The first kappa shape index (κ1) is 27.9. The quantitative estimate of drug-likeness (QED) is 0.296. The third-order valence-corrected chi connectivity index (χ3v) is 6.95. The van der Waals surface area contributed by atoms with Gasteiger partial charge >= 0.3 is 0 Å². The maximum atomic E-state index is 12.1. The minimum absolute atomic E-state index is 0.0946. The molecule has 3 N–H and O–H groups in total. The Morgan fingerprint density at radius 2 is 1.47 bits per heavy atom. The van der Waals surface area contributed by atoms with Gasteiger partial charge in [-0.2, -0.15) is 0 Å². The highest BCUT2D eigenvalue weighted by atomic mass is 32.2. The summed E-state index contributed by atoms with van der Waals surface area (Å²) in [6, 6.07) is 14.3. The number of likely N-dealkylation sites (N-methyl/N-ethyl adjacent to an activating group) is 1. The zero-order valence-electron chi connectivity index (χ0n) is 20.1. The number of rotatable bonds is 16. The Balaban J connectivity index is 1.65. The lowest BCUT2D eigenvalue weighted by atomic mass is 10.1. The van der Waals surface area contributed by atoms with E-state index in [1.807, 2.05) is 19.2 Å². The van der Waals surface area contributed by atoms with Crippen LogP contribution in [-0.2, 0) is 26.5 Å². The molecular weight excluding hydrogens is 476 g/mol. The molecule has 2 rings (SSSR count). The summed E-state index contributed by atoms with van der Waals surface area (Å²) >= 11 is 0. The minimum atomic E-state index is -3.32. The zero-order chi connectivity index (χ0) is 25.0. The number of anilines is 2. The predicted octanol–water partition coefficient (Wildman–Crippen LogP) is 2.35. The Kier molecular flexibility index (Phi) is 11.1. The molecule has 0 aliphatic rings. The molecule has 0 aliphatic carbocycles. The Bertz CT molecular complexity index is 1070. The van der Waals surface area contributed by atoms with Crippen molar-refractivity contribution in [3.8, 4) is 5.75 Å². The Morgan fingerprint density at radius 1 is 0.853 bits per heavy atom. The average Bonchev–Trinajstić information content (AvgIpc) is 2.75. The zero-order valence-corrected chi connectivity index (χ0v) is 21.7. The number of aryl methyl sites for hydroxylation is 1. The Labute approximate surface area is 204 Å². The number of sulfonamides is 2. The van der Waals surface area contributed by atoms with E-state index in [1.165, 1.54) is 0 Å². The van der Waals surface area contributed by atoms with Crippen LogP contribution >= 0.6 is 0 Å². The van der Waals surface area contributed by atoms with Crippen molar-refractivity contribution in [2.24, 2.45) is 0 Å². The van der Waals surface area contributed by atoms with Gasteiger partial charge in [-0.25, -0.2) is 16.8 Å². The molecule has 2 aromatic rings. The van der Waals surface area contributed by atoms with Crippen LogP contribution in [0.15, 0.2) is 48.5 Å². The summed E-state index contributed by atoms with van der Waals surface area (Å²) in [6.45, 7) is 2.86. The second-order valence-corrected chi connectivity index (χ2v) is 11.8. The fourth-order valence-corrected chi connectivity index (χ4v) is 4.91. The second-order valence-electron chi connectivity index (χ2n) is 8.23. The van der Waals surface area contributed by atoms with Gasteiger partial charge in [0.1, 0.15) is 12.4 Å². The molecule has 0 atom stereocenters. The Hall–Kier alpha value is -2.34. The molecule has 0 radical (unpaired) electrons. The summed E-state index contributed by atoms with van der Waals surface area (Å²) in [6.07, 6.45) is 3.55. The summed E-state index contributed by atoms with van der Waals surface area (Å²) in [5.41, 5.74) is 2.25. The predicted molar refractivity (Wildman–Crippen MR) is 139 cm³/mol. The number of benzene rings is 2. The van der Waals surface area contributed by atoms with E-state index in [1.54, 1.807) is 43.4 Å². The van der Waals surface area contributed by atoms with E-state index < -0.39 is 20.0 Å². The highest BCUT2D eigenvalue weighted by molar-refractivity contribution is 7.92. The largest absolute Gasteiger partial charge is 0.492 e. The lowest BCUT2D eigenvalue weighted by Crippen LogP contribution is -2.25.